The number of rotatable bonds is 5. The summed E-state index contributed by atoms with van der Waals surface area (Å²) in [5.74, 6) is 0.692. The molecule has 4 atom stereocenters. The lowest BCUT2D eigenvalue weighted by atomic mass is 9.75. The van der Waals surface area contributed by atoms with Crippen molar-refractivity contribution in [2.45, 2.75) is 57.0 Å². The fourth-order valence-corrected chi connectivity index (χ4v) is 4.91. The van der Waals surface area contributed by atoms with Crippen LogP contribution in [0, 0.1) is 5.92 Å². The molecule has 0 aromatic heterocycles. The summed E-state index contributed by atoms with van der Waals surface area (Å²) in [5, 5.41) is 0. The maximum Gasteiger partial charge on any atom is 0.310 e. The van der Waals surface area contributed by atoms with Crippen LogP contribution < -0.4 is 0 Å². The SMILES string of the molecule is COC(=O)[C@H]1C(c2ccc(C(C)C)cc2)CC2CCC1N2C/C=C/I. The lowest BCUT2D eigenvalue weighted by Gasteiger charge is -2.43. The molecule has 2 saturated heterocycles. The van der Waals surface area contributed by atoms with Gasteiger partial charge >= 0.3 is 5.97 Å². The van der Waals surface area contributed by atoms with Crippen molar-refractivity contribution < 1.29 is 9.53 Å². The molecule has 2 aliphatic rings. The number of carbonyl (C=O) groups excluding carboxylic acids is 1. The molecule has 2 aliphatic heterocycles. The number of carbonyl (C=O) groups is 1. The van der Waals surface area contributed by atoms with E-state index in [1.165, 1.54) is 24.7 Å². The summed E-state index contributed by atoms with van der Waals surface area (Å²) in [6, 6.07) is 9.79. The molecule has 4 heteroatoms. The minimum absolute atomic E-state index is 0.0493. The monoisotopic (exact) mass is 453 g/mol. The van der Waals surface area contributed by atoms with Gasteiger partial charge in [-0.3, -0.25) is 9.69 Å². The summed E-state index contributed by atoms with van der Waals surface area (Å²) in [5.41, 5.74) is 2.65. The van der Waals surface area contributed by atoms with Gasteiger partial charge in [0.05, 0.1) is 13.0 Å². The average Bonchev–Trinajstić information content (AvgIpc) is 2.90. The van der Waals surface area contributed by atoms with Crippen LogP contribution in [0.4, 0.5) is 0 Å². The molecule has 1 aromatic carbocycles. The maximum atomic E-state index is 12.7. The van der Waals surface area contributed by atoms with Crippen LogP contribution in [0.15, 0.2) is 34.4 Å². The Labute approximate surface area is 165 Å². The van der Waals surface area contributed by atoms with Gasteiger partial charge < -0.3 is 4.74 Å². The second-order valence-corrected chi connectivity index (χ2v) is 8.29. The van der Waals surface area contributed by atoms with E-state index in [0.29, 0.717) is 18.0 Å². The van der Waals surface area contributed by atoms with Crippen LogP contribution in [-0.4, -0.2) is 36.6 Å². The summed E-state index contributed by atoms with van der Waals surface area (Å²) in [6.07, 6.45) is 5.53. The van der Waals surface area contributed by atoms with Crippen LogP contribution >= 0.6 is 22.6 Å². The molecule has 136 valence electrons. The van der Waals surface area contributed by atoms with Crippen molar-refractivity contribution in [3.05, 3.63) is 45.6 Å². The lowest BCUT2D eigenvalue weighted by molar-refractivity contribution is -0.150. The number of halogens is 1. The lowest BCUT2D eigenvalue weighted by Crippen LogP contribution is -2.50. The van der Waals surface area contributed by atoms with Crippen LogP contribution in [-0.2, 0) is 9.53 Å². The molecule has 0 saturated carbocycles. The fourth-order valence-electron chi connectivity index (χ4n) is 4.69. The number of hydrogen-bond donors (Lipinski definition) is 0. The van der Waals surface area contributed by atoms with E-state index in [1.807, 2.05) is 0 Å². The van der Waals surface area contributed by atoms with Gasteiger partial charge in [0.2, 0.25) is 0 Å². The molecule has 0 amide bonds. The fraction of sp³-hybridized carbons (Fsp3) is 0.571. The van der Waals surface area contributed by atoms with Crippen molar-refractivity contribution in [3.8, 4) is 0 Å². The van der Waals surface area contributed by atoms with Gasteiger partial charge in [0, 0.05) is 24.5 Å². The third-order valence-corrected chi connectivity index (χ3v) is 6.48. The molecule has 0 aliphatic carbocycles. The summed E-state index contributed by atoms with van der Waals surface area (Å²) in [4.78, 5) is 15.2. The Hall–Kier alpha value is -0.880. The number of ether oxygens (including phenoxy) is 1. The molecule has 3 unspecified atom stereocenters. The number of esters is 1. The average molecular weight is 453 g/mol. The van der Waals surface area contributed by atoms with Gasteiger partial charge in [0.1, 0.15) is 0 Å². The molecule has 2 fully saturated rings. The smallest absolute Gasteiger partial charge is 0.310 e. The highest BCUT2D eigenvalue weighted by molar-refractivity contribution is 14.1. The van der Waals surface area contributed by atoms with Crippen molar-refractivity contribution in [1.82, 2.24) is 4.90 Å². The van der Waals surface area contributed by atoms with Gasteiger partial charge in [-0.1, -0.05) is 66.8 Å². The molecule has 3 nitrogen and oxygen atoms in total. The maximum absolute atomic E-state index is 12.7. The zero-order valence-electron chi connectivity index (χ0n) is 15.3. The quantitative estimate of drug-likeness (QED) is 0.471. The molecule has 0 spiro atoms. The molecule has 1 aromatic rings. The molecule has 3 rings (SSSR count). The zero-order valence-corrected chi connectivity index (χ0v) is 17.5. The van der Waals surface area contributed by atoms with Gasteiger partial charge in [-0.05, 0) is 40.4 Å². The third kappa shape index (κ3) is 3.80. The van der Waals surface area contributed by atoms with Crippen molar-refractivity contribution in [3.63, 3.8) is 0 Å². The number of nitrogens with zero attached hydrogens (tertiary/aromatic N) is 1. The molecular weight excluding hydrogens is 425 g/mol. The van der Waals surface area contributed by atoms with E-state index in [0.717, 1.165) is 19.4 Å². The largest absolute Gasteiger partial charge is 0.469 e. The predicted molar refractivity (Wildman–Crippen MR) is 110 cm³/mol. The molecular formula is C21H28INO2. The normalized spacial score (nSPS) is 29.5. The van der Waals surface area contributed by atoms with Crippen LogP contribution in [0.25, 0.3) is 0 Å². The molecule has 0 N–H and O–H groups in total. The zero-order chi connectivity index (χ0) is 18.0. The Morgan fingerprint density at radius 2 is 2.04 bits per heavy atom. The Morgan fingerprint density at radius 1 is 1.32 bits per heavy atom. The Bertz CT molecular complexity index is 625. The number of hydrogen-bond acceptors (Lipinski definition) is 3. The summed E-state index contributed by atoms with van der Waals surface area (Å²) >= 11 is 2.27. The van der Waals surface area contributed by atoms with E-state index < -0.39 is 0 Å². The van der Waals surface area contributed by atoms with Gasteiger partial charge in [0.15, 0.2) is 0 Å². The second-order valence-electron chi connectivity index (χ2n) is 7.57. The minimum Gasteiger partial charge on any atom is -0.469 e. The van der Waals surface area contributed by atoms with Gasteiger partial charge in [-0.15, -0.1) is 0 Å². The summed E-state index contributed by atoms with van der Waals surface area (Å²) in [6.45, 7) is 5.36. The number of piperidine rings is 1. The highest BCUT2D eigenvalue weighted by atomic mass is 127. The van der Waals surface area contributed by atoms with Crippen molar-refractivity contribution in [1.29, 1.82) is 0 Å². The van der Waals surface area contributed by atoms with Crippen molar-refractivity contribution in [2.24, 2.45) is 5.92 Å². The van der Waals surface area contributed by atoms with Gasteiger partial charge in [-0.25, -0.2) is 0 Å². The molecule has 0 radical (unpaired) electrons. The first-order chi connectivity index (χ1) is 12.1. The van der Waals surface area contributed by atoms with E-state index in [-0.39, 0.29) is 17.8 Å². The highest BCUT2D eigenvalue weighted by Crippen LogP contribution is 2.47. The second kappa shape index (κ2) is 8.21. The first-order valence-electron chi connectivity index (χ1n) is 9.25. The number of benzene rings is 1. The van der Waals surface area contributed by atoms with Crippen LogP contribution in [0.2, 0.25) is 0 Å². The van der Waals surface area contributed by atoms with Gasteiger partial charge in [-0.2, -0.15) is 0 Å². The van der Waals surface area contributed by atoms with Crippen LogP contribution in [0.3, 0.4) is 0 Å². The Morgan fingerprint density at radius 3 is 2.64 bits per heavy atom. The molecule has 25 heavy (non-hydrogen) atoms. The van der Waals surface area contributed by atoms with E-state index in [9.17, 15) is 4.79 Å². The topological polar surface area (TPSA) is 29.5 Å². The van der Waals surface area contributed by atoms with E-state index in [1.54, 1.807) is 0 Å². The van der Waals surface area contributed by atoms with E-state index >= 15 is 0 Å². The summed E-state index contributed by atoms with van der Waals surface area (Å²) in [7, 11) is 1.53. The Balaban J connectivity index is 1.89. The highest BCUT2D eigenvalue weighted by Gasteiger charge is 2.50. The predicted octanol–water partition coefficient (Wildman–Crippen LogP) is 4.87. The molecule has 2 heterocycles. The standard InChI is InChI=1S/C21H28INO2/c1-14(2)15-5-7-16(8-6-15)18-13-17-9-10-19(20(18)21(24)25-3)23(17)12-4-11-22/h4-8,11,14,17-20H,9-10,12-13H2,1-3H3/b11-4+/t17?,18?,19?,20-/m0/s1. The molecule has 2 bridgehead atoms. The van der Waals surface area contributed by atoms with Crippen LogP contribution in [0.1, 0.15) is 56.1 Å². The first-order valence-corrected chi connectivity index (χ1v) is 10.5. The Kier molecular flexibility index (Phi) is 6.21. The van der Waals surface area contributed by atoms with E-state index in [2.05, 4.69) is 75.8 Å². The third-order valence-electron chi connectivity index (χ3n) is 5.97. The number of fused-ring (bicyclic) bond motifs is 2. The van der Waals surface area contributed by atoms with Crippen LogP contribution in [0.5, 0.6) is 0 Å². The minimum atomic E-state index is -0.0590. The first kappa shape index (κ1) is 18.9. The van der Waals surface area contributed by atoms with Gasteiger partial charge in [0.25, 0.3) is 0 Å². The number of methoxy groups -OCH3 is 1. The van der Waals surface area contributed by atoms with Crippen molar-refractivity contribution in [2.75, 3.05) is 13.7 Å². The van der Waals surface area contributed by atoms with E-state index in [4.69, 9.17) is 4.74 Å². The summed E-state index contributed by atoms with van der Waals surface area (Å²) < 4.78 is 7.29. The van der Waals surface area contributed by atoms with Crippen molar-refractivity contribution >= 4 is 28.6 Å².